The van der Waals surface area contributed by atoms with Gasteiger partial charge in [0.25, 0.3) is 5.91 Å². The summed E-state index contributed by atoms with van der Waals surface area (Å²) in [5.41, 5.74) is 0.524. The number of aryl methyl sites for hydroxylation is 1. The summed E-state index contributed by atoms with van der Waals surface area (Å²) >= 11 is 7.15. The van der Waals surface area contributed by atoms with Gasteiger partial charge in [-0.3, -0.25) is 4.79 Å². The molecule has 0 unspecified atom stereocenters. The second-order valence-corrected chi connectivity index (χ2v) is 4.97. The molecular weight excluding hydrogens is 232 g/mol. The zero-order valence-electron chi connectivity index (χ0n) is 9.16. The zero-order chi connectivity index (χ0) is 11.4. The number of aromatic nitrogens is 1. The van der Waals surface area contributed by atoms with Crippen LogP contribution < -0.4 is 0 Å². The number of alkyl halides is 1. The molecule has 0 aliphatic rings. The van der Waals surface area contributed by atoms with Crippen LogP contribution in [-0.2, 0) is 0 Å². The molecule has 0 aromatic carbocycles. The number of carbonyl (C=O) groups is 1. The molecule has 15 heavy (non-hydrogen) atoms. The normalized spacial score (nSPS) is 10.7. The monoisotopic (exact) mass is 246 g/mol. The van der Waals surface area contributed by atoms with Crippen molar-refractivity contribution < 1.29 is 4.79 Å². The van der Waals surface area contributed by atoms with Crippen LogP contribution in [-0.4, -0.2) is 34.3 Å². The molecule has 0 saturated heterocycles. The highest BCUT2D eigenvalue weighted by Crippen LogP contribution is 2.12. The number of nitrogens with zero attached hydrogens (tertiary/aromatic N) is 2. The van der Waals surface area contributed by atoms with Gasteiger partial charge in [-0.15, -0.1) is 22.9 Å². The van der Waals surface area contributed by atoms with Crippen LogP contribution in [0.4, 0.5) is 0 Å². The molecule has 0 aliphatic heterocycles. The van der Waals surface area contributed by atoms with Crippen molar-refractivity contribution in [3.63, 3.8) is 0 Å². The van der Waals surface area contributed by atoms with Crippen LogP contribution in [0.3, 0.4) is 0 Å². The lowest BCUT2D eigenvalue weighted by Crippen LogP contribution is -2.38. The molecule has 0 spiro atoms. The Kier molecular flexibility index (Phi) is 4.54. The predicted octanol–water partition coefficient (Wildman–Crippen LogP) is 2.54. The van der Waals surface area contributed by atoms with Crippen molar-refractivity contribution in [1.82, 2.24) is 9.88 Å². The van der Waals surface area contributed by atoms with E-state index in [1.807, 2.05) is 20.8 Å². The molecule has 1 rings (SSSR count). The van der Waals surface area contributed by atoms with E-state index in [-0.39, 0.29) is 11.9 Å². The lowest BCUT2D eigenvalue weighted by atomic mass is 10.3. The maximum atomic E-state index is 12.0. The highest BCUT2D eigenvalue weighted by molar-refractivity contribution is 7.09. The quantitative estimate of drug-likeness (QED) is 0.765. The molecule has 0 bridgehead atoms. The largest absolute Gasteiger partial charge is 0.334 e. The van der Waals surface area contributed by atoms with E-state index in [4.69, 9.17) is 11.6 Å². The number of halogens is 1. The standard InChI is InChI=1S/C10H15ClN2OS/c1-7(2)13(5-4-11)10(14)9-6-15-8(3)12-9/h6-7H,4-5H2,1-3H3. The van der Waals surface area contributed by atoms with Gasteiger partial charge in [-0.1, -0.05) is 0 Å². The Labute approximate surface area is 99.1 Å². The van der Waals surface area contributed by atoms with Gasteiger partial charge in [-0.25, -0.2) is 4.98 Å². The summed E-state index contributed by atoms with van der Waals surface area (Å²) in [6.45, 7) is 6.41. The molecule has 0 radical (unpaired) electrons. The van der Waals surface area contributed by atoms with E-state index >= 15 is 0 Å². The third kappa shape index (κ3) is 3.18. The number of amides is 1. The lowest BCUT2D eigenvalue weighted by Gasteiger charge is -2.24. The fourth-order valence-electron chi connectivity index (χ4n) is 1.29. The highest BCUT2D eigenvalue weighted by atomic mass is 35.5. The molecule has 84 valence electrons. The molecular formula is C10H15ClN2OS. The van der Waals surface area contributed by atoms with Crippen LogP contribution in [0.1, 0.15) is 29.3 Å². The van der Waals surface area contributed by atoms with Crippen molar-refractivity contribution in [3.05, 3.63) is 16.1 Å². The molecule has 5 heteroatoms. The van der Waals surface area contributed by atoms with E-state index in [1.165, 1.54) is 11.3 Å². The Morgan fingerprint density at radius 1 is 1.67 bits per heavy atom. The lowest BCUT2D eigenvalue weighted by molar-refractivity contribution is 0.0713. The van der Waals surface area contributed by atoms with Crippen molar-refractivity contribution in [1.29, 1.82) is 0 Å². The predicted molar refractivity (Wildman–Crippen MR) is 63.7 cm³/mol. The van der Waals surface area contributed by atoms with Crippen molar-refractivity contribution in [2.24, 2.45) is 0 Å². The second kappa shape index (κ2) is 5.47. The van der Waals surface area contributed by atoms with Gasteiger partial charge in [0.15, 0.2) is 0 Å². The third-order valence-corrected chi connectivity index (χ3v) is 2.99. The molecule has 1 aromatic rings. The molecule has 3 nitrogen and oxygen atoms in total. The summed E-state index contributed by atoms with van der Waals surface area (Å²) in [6, 6.07) is 0.151. The summed E-state index contributed by atoms with van der Waals surface area (Å²) in [7, 11) is 0. The fraction of sp³-hybridized carbons (Fsp3) is 0.600. The fourth-order valence-corrected chi connectivity index (χ4v) is 2.06. The number of carbonyl (C=O) groups excluding carboxylic acids is 1. The Bertz CT molecular complexity index is 338. The van der Waals surface area contributed by atoms with Gasteiger partial charge in [0.05, 0.1) is 5.01 Å². The minimum atomic E-state index is -0.0324. The Hall–Kier alpha value is -0.610. The third-order valence-electron chi connectivity index (χ3n) is 2.05. The van der Waals surface area contributed by atoms with E-state index in [0.29, 0.717) is 18.1 Å². The molecule has 1 heterocycles. The van der Waals surface area contributed by atoms with Crippen molar-refractivity contribution in [3.8, 4) is 0 Å². The Morgan fingerprint density at radius 2 is 2.33 bits per heavy atom. The minimum absolute atomic E-state index is 0.0324. The van der Waals surface area contributed by atoms with Gasteiger partial charge in [0, 0.05) is 23.8 Å². The molecule has 1 aromatic heterocycles. The molecule has 0 N–H and O–H groups in total. The van der Waals surface area contributed by atoms with Crippen molar-refractivity contribution in [2.75, 3.05) is 12.4 Å². The van der Waals surface area contributed by atoms with Crippen LogP contribution in [0.2, 0.25) is 0 Å². The number of hydrogen-bond donors (Lipinski definition) is 0. The number of thiazole rings is 1. The SMILES string of the molecule is Cc1nc(C(=O)N(CCCl)C(C)C)cs1. The minimum Gasteiger partial charge on any atom is -0.334 e. The topological polar surface area (TPSA) is 33.2 Å². The van der Waals surface area contributed by atoms with E-state index < -0.39 is 0 Å². The van der Waals surface area contributed by atoms with Gasteiger partial charge in [0.1, 0.15) is 5.69 Å². The molecule has 1 amide bonds. The summed E-state index contributed by atoms with van der Waals surface area (Å²) in [4.78, 5) is 17.9. The van der Waals surface area contributed by atoms with Gasteiger partial charge in [-0.2, -0.15) is 0 Å². The van der Waals surface area contributed by atoms with E-state index in [2.05, 4.69) is 4.98 Å². The van der Waals surface area contributed by atoms with Crippen LogP contribution in [0.15, 0.2) is 5.38 Å². The Balaban J connectivity index is 2.80. The molecule has 0 fully saturated rings. The van der Waals surface area contributed by atoms with Crippen LogP contribution in [0, 0.1) is 6.92 Å². The van der Waals surface area contributed by atoms with E-state index in [1.54, 1.807) is 10.3 Å². The summed E-state index contributed by atoms with van der Waals surface area (Å²) < 4.78 is 0. The summed E-state index contributed by atoms with van der Waals surface area (Å²) in [6.07, 6.45) is 0. The highest BCUT2D eigenvalue weighted by Gasteiger charge is 2.19. The van der Waals surface area contributed by atoms with Crippen molar-refractivity contribution in [2.45, 2.75) is 26.8 Å². The maximum absolute atomic E-state index is 12.0. The number of hydrogen-bond acceptors (Lipinski definition) is 3. The van der Waals surface area contributed by atoms with Gasteiger partial charge < -0.3 is 4.90 Å². The van der Waals surface area contributed by atoms with Crippen LogP contribution in [0.5, 0.6) is 0 Å². The molecule has 0 aliphatic carbocycles. The average molecular weight is 247 g/mol. The zero-order valence-corrected chi connectivity index (χ0v) is 10.7. The number of rotatable bonds is 4. The summed E-state index contributed by atoms with van der Waals surface area (Å²) in [5, 5.41) is 2.70. The first kappa shape index (κ1) is 12.5. The summed E-state index contributed by atoms with van der Waals surface area (Å²) in [5.74, 6) is 0.419. The second-order valence-electron chi connectivity index (χ2n) is 3.53. The van der Waals surface area contributed by atoms with Crippen molar-refractivity contribution >= 4 is 28.8 Å². The van der Waals surface area contributed by atoms with Gasteiger partial charge >= 0.3 is 0 Å². The van der Waals surface area contributed by atoms with E-state index in [9.17, 15) is 4.79 Å². The van der Waals surface area contributed by atoms with E-state index in [0.717, 1.165) is 5.01 Å². The molecule has 0 saturated carbocycles. The first-order valence-electron chi connectivity index (χ1n) is 4.85. The molecule has 0 atom stereocenters. The first-order valence-corrected chi connectivity index (χ1v) is 6.26. The average Bonchev–Trinajstić information content (AvgIpc) is 2.59. The Morgan fingerprint density at radius 3 is 2.73 bits per heavy atom. The first-order chi connectivity index (χ1) is 7.06. The van der Waals surface area contributed by atoms with Crippen LogP contribution in [0.25, 0.3) is 0 Å². The van der Waals surface area contributed by atoms with Crippen LogP contribution >= 0.6 is 22.9 Å². The maximum Gasteiger partial charge on any atom is 0.273 e. The smallest absolute Gasteiger partial charge is 0.273 e. The van der Waals surface area contributed by atoms with Gasteiger partial charge in [-0.05, 0) is 20.8 Å². The van der Waals surface area contributed by atoms with Gasteiger partial charge in [0.2, 0.25) is 0 Å².